The fourth-order valence-electron chi connectivity index (χ4n) is 5.31. The molecule has 3 aromatic rings. The van der Waals surface area contributed by atoms with Crippen molar-refractivity contribution in [2.75, 3.05) is 5.32 Å². The van der Waals surface area contributed by atoms with E-state index < -0.39 is 94.3 Å². The monoisotopic (exact) mass is 876 g/mol. The molecule has 2 amide bonds. The third-order valence-corrected chi connectivity index (χ3v) is 8.61. The molecule has 1 unspecified atom stereocenters. The van der Waals surface area contributed by atoms with Gasteiger partial charge < -0.3 is 15.0 Å². The molecular weight excluding hydrogens is 847 g/mol. The third kappa shape index (κ3) is 8.50. The van der Waals surface area contributed by atoms with E-state index in [1.54, 1.807) is 51.1 Å². The lowest BCUT2D eigenvalue weighted by molar-refractivity contribution is -0.462. The molecule has 0 radical (unpaired) electrons. The van der Waals surface area contributed by atoms with Crippen LogP contribution in [0, 0.1) is 5.92 Å². The van der Waals surface area contributed by atoms with Crippen molar-refractivity contribution in [1.82, 2.24) is 4.90 Å². The van der Waals surface area contributed by atoms with Crippen molar-refractivity contribution < 1.29 is 93.8 Å². The number of anilines is 1. The maximum Gasteiger partial charge on any atom is 0.460 e. The van der Waals surface area contributed by atoms with E-state index in [-0.39, 0.29) is 42.9 Å². The van der Waals surface area contributed by atoms with Crippen LogP contribution in [-0.2, 0) is 22.1 Å². The number of nitrogens with zero attached hydrogens (tertiary/aromatic N) is 1. The predicted octanol–water partition coefficient (Wildman–Crippen LogP) is 10.8. The molecule has 0 aliphatic heterocycles. The molecule has 6 nitrogen and oxygen atoms in total. The van der Waals surface area contributed by atoms with E-state index in [9.17, 15) is 89.0 Å². The van der Waals surface area contributed by atoms with Crippen LogP contribution >= 0.6 is 0 Å². The molecule has 326 valence electrons. The summed E-state index contributed by atoms with van der Waals surface area (Å²) in [5.41, 5.74) is -2.99. The van der Waals surface area contributed by atoms with Crippen molar-refractivity contribution in [3.05, 3.63) is 95.6 Å². The molecule has 23 heteroatoms. The zero-order valence-electron chi connectivity index (χ0n) is 30.1. The number of carbonyl (C=O) groups excluding carboxylic acids is 3. The smallest absolute Gasteiger partial charge is 0.421 e. The number of para-hydroxylation sites is 2. The van der Waals surface area contributed by atoms with E-state index >= 15 is 0 Å². The molecule has 3 rings (SSSR count). The standard InChI is InChI=1S/C36H29F17N2O4/c1-4-25(56)55(18-20-10-6-5-7-11-20)26(19(2)3)27(57)54-23-12-8-9-13-24(23)59-28(58)21-14-16-22(17-15-21)29(37,38)30(39,40)31(41,42)32(43,44)33(45,46)34(47,48)35(49,50)36(51,52)53/h5-17,19,26H,4,18H2,1-3H3,(H,54,57). The van der Waals surface area contributed by atoms with Crippen LogP contribution in [0.15, 0.2) is 78.9 Å². The molecule has 0 aromatic heterocycles. The average Bonchev–Trinajstić information content (AvgIpc) is 3.14. The Balaban J connectivity index is 1.90. The average molecular weight is 877 g/mol. The first-order valence-corrected chi connectivity index (χ1v) is 16.5. The first kappa shape index (κ1) is 48.3. The second-order valence-electron chi connectivity index (χ2n) is 13.0. The van der Waals surface area contributed by atoms with Gasteiger partial charge in [-0.1, -0.05) is 75.4 Å². The summed E-state index contributed by atoms with van der Waals surface area (Å²) in [5, 5.41) is 2.48. The van der Waals surface area contributed by atoms with E-state index in [2.05, 4.69) is 5.32 Å². The van der Waals surface area contributed by atoms with Crippen LogP contribution in [0.3, 0.4) is 0 Å². The molecular formula is C36H29F17N2O4. The second kappa shape index (κ2) is 16.5. The lowest BCUT2D eigenvalue weighted by Crippen LogP contribution is -2.74. The number of nitrogens with one attached hydrogen (secondary N) is 1. The van der Waals surface area contributed by atoms with Crippen molar-refractivity contribution in [2.24, 2.45) is 5.92 Å². The number of carbonyl (C=O) groups is 3. The zero-order chi connectivity index (χ0) is 45.4. The molecule has 0 saturated heterocycles. The summed E-state index contributed by atoms with van der Waals surface area (Å²) in [4.78, 5) is 40.8. The third-order valence-electron chi connectivity index (χ3n) is 8.61. The normalized spacial score (nSPS) is 14.2. The van der Waals surface area contributed by atoms with Crippen LogP contribution in [0.2, 0.25) is 0 Å². The minimum Gasteiger partial charge on any atom is -0.421 e. The molecule has 1 N–H and O–H groups in total. The van der Waals surface area contributed by atoms with E-state index in [1.165, 1.54) is 23.1 Å². The van der Waals surface area contributed by atoms with Gasteiger partial charge in [0.25, 0.3) is 0 Å². The van der Waals surface area contributed by atoms with E-state index in [0.29, 0.717) is 5.56 Å². The lowest BCUT2D eigenvalue weighted by atomic mass is 9.87. The Hall–Kier alpha value is -5.12. The maximum atomic E-state index is 14.8. The molecule has 0 aliphatic carbocycles. The number of amides is 2. The van der Waals surface area contributed by atoms with Crippen molar-refractivity contribution in [3.63, 3.8) is 0 Å². The summed E-state index contributed by atoms with van der Waals surface area (Å²) in [5.74, 6) is -61.5. The van der Waals surface area contributed by atoms with Crippen LogP contribution < -0.4 is 10.1 Å². The Kier molecular flexibility index (Phi) is 13.5. The summed E-state index contributed by atoms with van der Waals surface area (Å²) in [6.45, 7) is 4.81. The van der Waals surface area contributed by atoms with E-state index in [4.69, 9.17) is 4.74 Å². The molecule has 0 fully saturated rings. The molecule has 0 spiro atoms. The van der Waals surface area contributed by atoms with Crippen molar-refractivity contribution in [1.29, 1.82) is 0 Å². The van der Waals surface area contributed by atoms with Gasteiger partial charge in [-0.2, -0.15) is 74.6 Å². The van der Waals surface area contributed by atoms with Gasteiger partial charge in [-0.15, -0.1) is 0 Å². The van der Waals surface area contributed by atoms with Crippen LogP contribution in [0.5, 0.6) is 5.75 Å². The van der Waals surface area contributed by atoms with Crippen molar-refractivity contribution in [2.45, 2.75) is 87.4 Å². The van der Waals surface area contributed by atoms with Gasteiger partial charge in [0.15, 0.2) is 5.75 Å². The van der Waals surface area contributed by atoms with Crippen molar-refractivity contribution >= 4 is 23.5 Å². The first-order valence-electron chi connectivity index (χ1n) is 16.5. The molecule has 0 aliphatic rings. The topological polar surface area (TPSA) is 75.7 Å². The Morgan fingerprint density at radius 2 is 1.07 bits per heavy atom. The number of rotatable bonds is 16. The van der Waals surface area contributed by atoms with Crippen LogP contribution in [0.4, 0.5) is 80.3 Å². The number of halogens is 17. The highest BCUT2D eigenvalue weighted by Gasteiger charge is 2.95. The number of esters is 1. The fraction of sp³-hybridized carbons (Fsp3) is 0.417. The second-order valence-corrected chi connectivity index (χ2v) is 13.0. The highest BCUT2D eigenvalue weighted by Crippen LogP contribution is 2.65. The highest BCUT2D eigenvalue weighted by atomic mass is 19.4. The summed E-state index contributed by atoms with van der Waals surface area (Å²) < 4.78 is 238. The molecule has 3 aromatic carbocycles. The fourth-order valence-corrected chi connectivity index (χ4v) is 5.31. The number of hydrogen-bond donors (Lipinski definition) is 1. The number of ether oxygens (including phenoxy) is 1. The van der Waals surface area contributed by atoms with Crippen LogP contribution in [0.25, 0.3) is 0 Å². The Morgan fingerprint density at radius 1 is 0.610 bits per heavy atom. The maximum absolute atomic E-state index is 14.8. The molecule has 59 heavy (non-hydrogen) atoms. The summed E-state index contributed by atoms with van der Waals surface area (Å²) in [6, 6.07) is 11.8. The van der Waals surface area contributed by atoms with Gasteiger partial charge in [-0.25, -0.2) is 4.79 Å². The van der Waals surface area contributed by atoms with Gasteiger partial charge in [0, 0.05) is 18.5 Å². The van der Waals surface area contributed by atoms with Gasteiger partial charge in [-0.05, 0) is 35.7 Å². The Labute approximate surface area is 322 Å². The first-order chi connectivity index (χ1) is 26.8. The van der Waals surface area contributed by atoms with Gasteiger partial charge in [-0.3, -0.25) is 9.59 Å². The van der Waals surface area contributed by atoms with Gasteiger partial charge in [0.1, 0.15) is 6.04 Å². The lowest BCUT2D eigenvalue weighted by Gasteiger charge is -2.42. The predicted molar refractivity (Wildman–Crippen MR) is 172 cm³/mol. The minimum absolute atomic E-state index is 0.00345. The highest BCUT2D eigenvalue weighted by molar-refractivity contribution is 5.99. The number of benzene rings is 3. The van der Waals surface area contributed by atoms with Gasteiger partial charge in [0.2, 0.25) is 11.8 Å². The van der Waals surface area contributed by atoms with E-state index in [1.807, 2.05) is 0 Å². The molecule has 0 saturated carbocycles. The number of alkyl halides is 17. The summed E-state index contributed by atoms with van der Waals surface area (Å²) >= 11 is 0. The van der Waals surface area contributed by atoms with Crippen molar-refractivity contribution in [3.8, 4) is 5.75 Å². The Bertz CT molecular complexity index is 1970. The zero-order valence-corrected chi connectivity index (χ0v) is 30.1. The molecule has 1 atom stereocenters. The quantitative estimate of drug-likeness (QED) is 0.0884. The summed E-state index contributed by atoms with van der Waals surface area (Å²) in [7, 11) is 0. The SMILES string of the molecule is CCC(=O)N(Cc1ccccc1)C(C(=O)Nc1ccccc1OC(=O)c1ccc(C(F)(F)C(F)(F)C(F)(F)C(F)(F)C(F)(F)C(F)(F)C(F)(F)C(F)(F)F)cc1)C(C)C. The van der Waals surface area contributed by atoms with Crippen LogP contribution in [-0.4, -0.2) is 70.4 Å². The van der Waals surface area contributed by atoms with Crippen LogP contribution in [0.1, 0.15) is 48.7 Å². The largest absolute Gasteiger partial charge is 0.460 e. The van der Waals surface area contributed by atoms with E-state index in [0.717, 1.165) is 6.07 Å². The summed E-state index contributed by atoms with van der Waals surface area (Å²) in [6.07, 6.45) is -7.87. The molecule has 0 heterocycles. The van der Waals surface area contributed by atoms with Gasteiger partial charge >= 0.3 is 53.6 Å². The Morgan fingerprint density at radius 3 is 1.54 bits per heavy atom. The van der Waals surface area contributed by atoms with Gasteiger partial charge in [0.05, 0.1) is 11.3 Å². The number of hydrogen-bond acceptors (Lipinski definition) is 4. The minimum atomic E-state index is -8.77. The molecule has 0 bridgehead atoms.